The summed E-state index contributed by atoms with van der Waals surface area (Å²) in [6.45, 7) is 2.29. The van der Waals surface area contributed by atoms with E-state index >= 15 is 4.39 Å². The van der Waals surface area contributed by atoms with Crippen molar-refractivity contribution >= 4 is 0 Å². The summed E-state index contributed by atoms with van der Waals surface area (Å²) in [7, 11) is 0. The monoisotopic (exact) mass is 430 g/mol. The lowest BCUT2D eigenvalue weighted by atomic mass is 9.67. The molecule has 176 valence electrons. The summed E-state index contributed by atoms with van der Waals surface area (Å²) in [6.07, 6.45) is 25.5. The van der Waals surface area contributed by atoms with Gasteiger partial charge < -0.3 is 5.11 Å². The van der Waals surface area contributed by atoms with E-state index in [-0.39, 0.29) is 17.8 Å². The molecule has 3 fully saturated rings. The molecule has 0 aromatic heterocycles. The number of unbranched alkanes of at least 4 members (excludes halogenated alkanes) is 2. The highest BCUT2D eigenvalue weighted by Crippen LogP contribution is 2.46. The molecule has 0 aromatic rings. The van der Waals surface area contributed by atoms with Crippen LogP contribution in [0.4, 0.5) is 4.39 Å². The Morgan fingerprint density at radius 1 is 0.806 bits per heavy atom. The maximum absolute atomic E-state index is 15.2. The fourth-order valence-corrected chi connectivity index (χ4v) is 7.46. The predicted octanol–water partition coefficient (Wildman–Crippen LogP) is 8.53. The first-order valence-corrected chi connectivity index (χ1v) is 13.9. The quantitative estimate of drug-likeness (QED) is 0.401. The maximum Gasteiger partial charge on any atom is 0.104 e. The maximum atomic E-state index is 15.2. The third kappa shape index (κ3) is 6.24. The van der Waals surface area contributed by atoms with Crippen LogP contribution in [0.1, 0.15) is 116 Å². The molecule has 0 bridgehead atoms. The molecule has 0 spiro atoms. The van der Waals surface area contributed by atoms with Crippen LogP contribution in [0.5, 0.6) is 0 Å². The molecule has 0 radical (unpaired) electrons. The lowest BCUT2D eigenvalue weighted by Crippen LogP contribution is -2.30. The molecule has 1 N–H and O–H groups in total. The normalized spacial score (nSPS) is 39.6. The molecule has 4 rings (SSSR count). The van der Waals surface area contributed by atoms with Crippen LogP contribution in [0.15, 0.2) is 23.6 Å². The third-order valence-electron chi connectivity index (χ3n) is 9.59. The van der Waals surface area contributed by atoms with Crippen molar-refractivity contribution < 1.29 is 9.50 Å². The van der Waals surface area contributed by atoms with Gasteiger partial charge in [0.2, 0.25) is 0 Å². The van der Waals surface area contributed by atoms with Crippen molar-refractivity contribution in [1.82, 2.24) is 0 Å². The van der Waals surface area contributed by atoms with Gasteiger partial charge in [-0.2, -0.15) is 0 Å². The minimum Gasteiger partial charge on any atom is -0.393 e. The summed E-state index contributed by atoms with van der Waals surface area (Å²) in [5, 5.41) is 9.79. The second kappa shape index (κ2) is 11.5. The van der Waals surface area contributed by atoms with Crippen LogP contribution in [0.2, 0.25) is 0 Å². The lowest BCUT2D eigenvalue weighted by Gasteiger charge is -2.39. The van der Waals surface area contributed by atoms with Gasteiger partial charge in [0.1, 0.15) is 5.83 Å². The number of aliphatic hydroxyl groups excluding tert-OH is 1. The van der Waals surface area contributed by atoms with Crippen LogP contribution in [0.3, 0.4) is 0 Å². The van der Waals surface area contributed by atoms with E-state index in [0.717, 1.165) is 37.0 Å². The van der Waals surface area contributed by atoms with Crippen molar-refractivity contribution in [3.8, 4) is 0 Å². The number of allylic oxidation sites excluding steroid dienone is 4. The Kier molecular flexibility index (Phi) is 8.71. The van der Waals surface area contributed by atoms with Gasteiger partial charge in [-0.25, -0.2) is 4.39 Å². The first-order chi connectivity index (χ1) is 15.1. The fourth-order valence-electron chi connectivity index (χ4n) is 7.46. The third-order valence-corrected chi connectivity index (χ3v) is 9.59. The largest absolute Gasteiger partial charge is 0.393 e. The van der Waals surface area contributed by atoms with Gasteiger partial charge in [0.05, 0.1) is 6.10 Å². The van der Waals surface area contributed by atoms with Crippen LogP contribution in [0, 0.1) is 35.5 Å². The van der Waals surface area contributed by atoms with Crippen molar-refractivity contribution in [2.75, 3.05) is 0 Å². The molecule has 2 heteroatoms. The van der Waals surface area contributed by atoms with E-state index in [9.17, 15) is 5.11 Å². The van der Waals surface area contributed by atoms with Crippen molar-refractivity contribution in [3.05, 3.63) is 23.6 Å². The number of rotatable bonds is 7. The van der Waals surface area contributed by atoms with Crippen molar-refractivity contribution in [2.24, 2.45) is 35.5 Å². The minimum absolute atomic E-state index is 0.0499. The highest BCUT2D eigenvalue weighted by Gasteiger charge is 2.35. The summed E-state index contributed by atoms with van der Waals surface area (Å²) in [4.78, 5) is 0. The first kappa shape index (κ1) is 23.5. The molecule has 4 aliphatic rings. The molecule has 31 heavy (non-hydrogen) atoms. The van der Waals surface area contributed by atoms with E-state index in [1.54, 1.807) is 0 Å². The average Bonchev–Trinajstić information content (AvgIpc) is 2.80. The van der Waals surface area contributed by atoms with Gasteiger partial charge in [0, 0.05) is 5.92 Å². The van der Waals surface area contributed by atoms with Crippen LogP contribution >= 0.6 is 0 Å². The number of halogens is 1. The van der Waals surface area contributed by atoms with Crippen LogP contribution < -0.4 is 0 Å². The Labute approximate surface area is 191 Å². The Morgan fingerprint density at radius 2 is 1.42 bits per heavy atom. The second-order valence-electron chi connectivity index (χ2n) is 11.5. The molecule has 1 nitrogen and oxygen atoms in total. The second-order valence-corrected chi connectivity index (χ2v) is 11.5. The highest BCUT2D eigenvalue weighted by atomic mass is 19.1. The zero-order valence-electron chi connectivity index (χ0n) is 20.0. The molecule has 1 atom stereocenters. The van der Waals surface area contributed by atoms with Gasteiger partial charge in [0.15, 0.2) is 0 Å². The van der Waals surface area contributed by atoms with Crippen LogP contribution in [0.25, 0.3) is 0 Å². The molecule has 0 amide bonds. The van der Waals surface area contributed by atoms with Crippen molar-refractivity contribution in [2.45, 2.75) is 122 Å². The van der Waals surface area contributed by atoms with E-state index in [4.69, 9.17) is 0 Å². The van der Waals surface area contributed by atoms with Gasteiger partial charge in [-0.3, -0.25) is 0 Å². The number of hydrogen-bond acceptors (Lipinski definition) is 1. The van der Waals surface area contributed by atoms with Gasteiger partial charge in [-0.1, -0.05) is 38.7 Å². The topological polar surface area (TPSA) is 20.2 Å². The highest BCUT2D eigenvalue weighted by molar-refractivity contribution is 5.30. The van der Waals surface area contributed by atoms with E-state index in [0.29, 0.717) is 11.8 Å². The molecular formula is C29H47FO. The average molecular weight is 431 g/mol. The molecule has 0 saturated heterocycles. The zero-order valence-corrected chi connectivity index (χ0v) is 20.0. The van der Waals surface area contributed by atoms with Gasteiger partial charge in [-0.05, 0) is 125 Å². The van der Waals surface area contributed by atoms with Crippen molar-refractivity contribution in [1.29, 1.82) is 0 Å². The molecule has 4 aliphatic carbocycles. The van der Waals surface area contributed by atoms with E-state index in [2.05, 4.69) is 13.0 Å². The van der Waals surface area contributed by atoms with Crippen LogP contribution in [-0.2, 0) is 0 Å². The van der Waals surface area contributed by atoms with E-state index in [1.807, 2.05) is 6.08 Å². The molecule has 0 aliphatic heterocycles. The predicted molar refractivity (Wildman–Crippen MR) is 128 cm³/mol. The first-order valence-electron chi connectivity index (χ1n) is 13.9. The Hall–Kier alpha value is -0.630. The van der Waals surface area contributed by atoms with Gasteiger partial charge >= 0.3 is 0 Å². The molecule has 0 aromatic carbocycles. The molecular weight excluding hydrogens is 383 g/mol. The van der Waals surface area contributed by atoms with Gasteiger partial charge in [-0.15, -0.1) is 0 Å². The summed E-state index contributed by atoms with van der Waals surface area (Å²) < 4.78 is 15.2. The zero-order chi connectivity index (χ0) is 21.6. The Morgan fingerprint density at radius 3 is 2.03 bits per heavy atom. The fraction of sp³-hybridized carbons (Fsp3) is 0.862. The number of aliphatic hydroxyl groups is 1. The summed E-state index contributed by atoms with van der Waals surface area (Å²) >= 11 is 0. The summed E-state index contributed by atoms with van der Waals surface area (Å²) in [6, 6.07) is 0. The standard InChI is InChI=1S/C29H47FO/c1-2-3-4-5-21-6-8-24(9-7-21)26-16-19-28(29(30)20-26)25-12-10-22(11-13-25)23-14-17-27(31)18-15-23/h16,20-25,27-28,31H,2-15,17-19H2,1H3/t21?,22?,23?,24?,25?,27?,28-/m1/s1. The van der Waals surface area contributed by atoms with Gasteiger partial charge in [0.25, 0.3) is 0 Å². The lowest BCUT2D eigenvalue weighted by molar-refractivity contribution is 0.0724. The SMILES string of the molecule is CCCCCC1CCC(C2=CC[C@H](C3CCC(C4CCC(O)CC4)CC3)C(F)=C2)CC1. The number of hydrogen-bond donors (Lipinski definition) is 1. The van der Waals surface area contributed by atoms with E-state index in [1.165, 1.54) is 95.5 Å². The smallest absolute Gasteiger partial charge is 0.104 e. The molecule has 0 unspecified atom stereocenters. The van der Waals surface area contributed by atoms with Crippen molar-refractivity contribution in [3.63, 3.8) is 0 Å². The molecule has 3 saturated carbocycles. The summed E-state index contributed by atoms with van der Waals surface area (Å²) in [5.41, 5.74) is 1.33. The molecule has 0 heterocycles. The summed E-state index contributed by atoms with van der Waals surface area (Å²) in [5.74, 6) is 4.10. The van der Waals surface area contributed by atoms with E-state index < -0.39 is 0 Å². The van der Waals surface area contributed by atoms with Crippen LogP contribution in [-0.4, -0.2) is 11.2 Å². The minimum atomic E-state index is -0.0499. The Bertz CT molecular complexity index is 598. The Balaban J connectivity index is 1.21.